The van der Waals surface area contributed by atoms with Crippen LogP contribution in [0, 0.1) is 0 Å². The molecule has 0 spiro atoms. The van der Waals surface area contributed by atoms with E-state index >= 15 is 0 Å². The fourth-order valence-electron chi connectivity index (χ4n) is 4.73. The molecule has 33 heavy (non-hydrogen) atoms. The molecule has 1 aromatic carbocycles. The number of nitrogens with two attached hydrogens (primary N) is 1. The monoisotopic (exact) mass is 488 g/mol. The molecule has 0 saturated carbocycles. The van der Waals surface area contributed by atoms with Crippen LogP contribution in [0.15, 0.2) is 35.2 Å². The summed E-state index contributed by atoms with van der Waals surface area (Å²) in [6.07, 6.45) is 4.42. The minimum atomic E-state index is -3.22. The summed E-state index contributed by atoms with van der Waals surface area (Å²) in [6.45, 7) is 1.85. The number of thiophene rings is 1. The second-order valence-electron chi connectivity index (χ2n) is 9.10. The molecule has 0 unspecified atom stereocenters. The van der Waals surface area contributed by atoms with Gasteiger partial charge in [0.15, 0.2) is 0 Å². The first-order valence-electron chi connectivity index (χ1n) is 11.3. The summed E-state index contributed by atoms with van der Waals surface area (Å²) in [6, 6.07) is 6.29. The van der Waals surface area contributed by atoms with E-state index in [4.69, 9.17) is 5.73 Å². The maximum Gasteiger partial charge on any atom is 0.221 e. The highest BCUT2D eigenvalue weighted by molar-refractivity contribution is 7.89. The molecule has 4 rings (SSSR count). The van der Waals surface area contributed by atoms with Crippen molar-refractivity contribution in [2.75, 3.05) is 39.5 Å². The maximum absolute atomic E-state index is 12.8. The lowest BCUT2D eigenvalue weighted by atomic mass is 9.88. The molecule has 1 aliphatic heterocycles. The van der Waals surface area contributed by atoms with E-state index in [1.165, 1.54) is 5.56 Å². The van der Waals surface area contributed by atoms with Gasteiger partial charge in [0.25, 0.3) is 0 Å². The average Bonchev–Trinajstić information content (AvgIpc) is 3.43. The molecule has 178 valence electrons. The number of amides is 1. The number of fused-ring (bicyclic) bond motifs is 1. The lowest BCUT2D eigenvalue weighted by Gasteiger charge is -2.31. The highest BCUT2D eigenvalue weighted by Crippen LogP contribution is 2.37. The Morgan fingerprint density at radius 3 is 2.64 bits per heavy atom. The van der Waals surface area contributed by atoms with Gasteiger partial charge in [-0.1, -0.05) is 0 Å². The molecule has 2 aromatic heterocycles. The van der Waals surface area contributed by atoms with E-state index in [0.29, 0.717) is 19.5 Å². The van der Waals surface area contributed by atoms with Crippen LogP contribution in [0.5, 0.6) is 0 Å². The zero-order chi connectivity index (χ0) is 23.6. The molecule has 9 heteroatoms. The van der Waals surface area contributed by atoms with Gasteiger partial charge >= 0.3 is 0 Å². The predicted molar refractivity (Wildman–Crippen MR) is 135 cm³/mol. The van der Waals surface area contributed by atoms with Crippen LogP contribution in [-0.2, 0) is 21.2 Å². The number of H-pyrrole nitrogens is 1. The Kier molecular flexibility index (Phi) is 7.23. The first-order chi connectivity index (χ1) is 15.7. The number of aromatic nitrogens is 1. The minimum absolute atomic E-state index is 0.179. The van der Waals surface area contributed by atoms with Gasteiger partial charge in [-0.2, -0.15) is 11.3 Å². The number of aromatic amines is 1. The van der Waals surface area contributed by atoms with Crippen LogP contribution in [0.3, 0.4) is 0 Å². The van der Waals surface area contributed by atoms with Gasteiger partial charge in [-0.25, -0.2) is 12.7 Å². The van der Waals surface area contributed by atoms with Crippen molar-refractivity contribution in [3.63, 3.8) is 0 Å². The smallest absolute Gasteiger partial charge is 0.221 e. The fraction of sp³-hybridized carbons (Fsp3) is 0.458. The molecule has 1 aliphatic rings. The van der Waals surface area contributed by atoms with Crippen LogP contribution in [0.25, 0.3) is 22.0 Å². The first kappa shape index (κ1) is 23.9. The molecule has 1 amide bonds. The Labute approximate surface area is 199 Å². The Morgan fingerprint density at radius 1 is 1.24 bits per heavy atom. The number of sulfonamides is 1. The number of nitrogens with zero attached hydrogens (tertiary/aromatic N) is 2. The summed E-state index contributed by atoms with van der Waals surface area (Å²) in [5.74, 6) is 0.109. The number of carbonyl (C=O) groups excluding carboxylic acids is 1. The van der Waals surface area contributed by atoms with Crippen LogP contribution in [-0.4, -0.2) is 68.0 Å². The number of carbonyl (C=O) groups is 1. The van der Waals surface area contributed by atoms with Crippen LogP contribution in [0.1, 0.15) is 36.3 Å². The first-order valence-corrected chi connectivity index (χ1v) is 13.9. The number of primary amides is 1. The summed E-state index contributed by atoms with van der Waals surface area (Å²) in [5.41, 5.74) is 10.8. The van der Waals surface area contributed by atoms with Gasteiger partial charge in [0, 0.05) is 30.2 Å². The van der Waals surface area contributed by atoms with Crippen molar-refractivity contribution in [1.82, 2.24) is 14.2 Å². The van der Waals surface area contributed by atoms with Gasteiger partial charge in [-0.3, -0.25) is 4.79 Å². The molecule has 1 fully saturated rings. The van der Waals surface area contributed by atoms with E-state index in [2.05, 4.69) is 22.5 Å². The van der Waals surface area contributed by atoms with Crippen molar-refractivity contribution in [1.29, 1.82) is 0 Å². The van der Waals surface area contributed by atoms with Crippen molar-refractivity contribution >= 4 is 38.2 Å². The van der Waals surface area contributed by atoms with Crippen LogP contribution >= 0.6 is 11.3 Å². The van der Waals surface area contributed by atoms with E-state index in [-0.39, 0.29) is 24.0 Å². The van der Waals surface area contributed by atoms with Crippen LogP contribution in [0.2, 0.25) is 0 Å². The number of hydrogen-bond donors (Lipinski definition) is 2. The quantitative estimate of drug-likeness (QED) is 0.482. The van der Waals surface area contributed by atoms with Crippen molar-refractivity contribution in [2.45, 2.75) is 31.6 Å². The molecule has 3 aromatic rings. The van der Waals surface area contributed by atoms with Crippen LogP contribution in [0.4, 0.5) is 0 Å². The van der Waals surface area contributed by atoms with Crippen molar-refractivity contribution in [3.05, 3.63) is 46.3 Å². The number of hydrogen-bond acceptors (Lipinski definition) is 5. The molecule has 3 N–H and O–H groups in total. The second kappa shape index (κ2) is 9.97. The molecule has 1 saturated heterocycles. The second-order valence-corrected chi connectivity index (χ2v) is 12.0. The van der Waals surface area contributed by atoms with Gasteiger partial charge in [0.2, 0.25) is 15.9 Å². The van der Waals surface area contributed by atoms with Gasteiger partial charge < -0.3 is 15.6 Å². The Hall–Kier alpha value is -2.20. The predicted octanol–water partition coefficient (Wildman–Crippen LogP) is 3.39. The third-order valence-electron chi connectivity index (χ3n) is 6.42. The molecule has 0 bridgehead atoms. The third-order valence-corrected chi connectivity index (χ3v) is 9.06. The zero-order valence-electron chi connectivity index (χ0n) is 19.2. The maximum atomic E-state index is 12.8. The van der Waals surface area contributed by atoms with Crippen LogP contribution < -0.4 is 5.73 Å². The van der Waals surface area contributed by atoms with E-state index in [1.54, 1.807) is 15.6 Å². The number of nitrogens with one attached hydrogen (secondary N) is 1. The topological polar surface area (TPSA) is 99.5 Å². The fourth-order valence-corrected chi connectivity index (χ4v) is 6.91. The lowest BCUT2D eigenvalue weighted by Crippen LogP contribution is -2.39. The van der Waals surface area contributed by atoms with E-state index < -0.39 is 10.0 Å². The van der Waals surface area contributed by atoms with Crippen molar-refractivity contribution < 1.29 is 13.2 Å². The van der Waals surface area contributed by atoms with Crippen molar-refractivity contribution in [2.24, 2.45) is 5.73 Å². The normalized spacial score (nSPS) is 16.1. The molecule has 0 aliphatic carbocycles. The summed E-state index contributed by atoms with van der Waals surface area (Å²) >= 11 is 1.64. The Balaban J connectivity index is 1.56. The van der Waals surface area contributed by atoms with Gasteiger partial charge in [-0.15, -0.1) is 0 Å². The van der Waals surface area contributed by atoms with Crippen molar-refractivity contribution in [3.8, 4) is 11.1 Å². The van der Waals surface area contributed by atoms with Gasteiger partial charge in [0.05, 0.1) is 12.2 Å². The number of rotatable bonds is 9. The Bertz CT molecular complexity index is 1210. The molecular formula is C24H32N4O3S2. The Morgan fingerprint density at radius 2 is 2.00 bits per heavy atom. The summed E-state index contributed by atoms with van der Waals surface area (Å²) in [4.78, 5) is 17.1. The highest BCUT2D eigenvalue weighted by atomic mass is 32.2. The molecule has 7 nitrogen and oxygen atoms in total. The summed E-state index contributed by atoms with van der Waals surface area (Å²) < 4.78 is 27.2. The summed E-state index contributed by atoms with van der Waals surface area (Å²) in [7, 11) is 0.691. The molecular weight excluding hydrogens is 456 g/mol. The van der Waals surface area contributed by atoms with E-state index in [1.807, 2.05) is 36.6 Å². The molecule has 0 atom stereocenters. The lowest BCUT2D eigenvalue weighted by molar-refractivity contribution is -0.117. The summed E-state index contributed by atoms with van der Waals surface area (Å²) in [5, 5.41) is 5.24. The van der Waals surface area contributed by atoms with E-state index in [0.717, 1.165) is 47.0 Å². The SMILES string of the molecule is CN(C)CCCS(=O)(=O)N1CCC(c2c[nH]c3c(CC(N)=O)cc(-c4ccsc4)cc23)CC1. The highest BCUT2D eigenvalue weighted by Gasteiger charge is 2.29. The average molecular weight is 489 g/mol. The standard InChI is InChI=1S/C24H32N4O3S2/c1-27(2)7-3-11-33(30,31)28-8-4-17(5-9-28)22-15-26-24-20(14-23(25)29)12-19(13-21(22)24)18-6-10-32-16-18/h6,10,12-13,15-17,26H,3-5,7-9,11,14H2,1-2H3,(H2,25,29). The van der Waals surface area contributed by atoms with E-state index in [9.17, 15) is 13.2 Å². The molecule has 3 heterocycles. The number of piperidine rings is 1. The van der Waals surface area contributed by atoms with Gasteiger partial charge in [0.1, 0.15) is 0 Å². The minimum Gasteiger partial charge on any atom is -0.369 e. The third kappa shape index (κ3) is 5.48. The zero-order valence-corrected chi connectivity index (χ0v) is 20.8. The number of benzene rings is 1. The largest absolute Gasteiger partial charge is 0.369 e. The van der Waals surface area contributed by atoms with Gasteiger partial charge in [-0.05, 0) is 97.0 Å². The molecule has 0 radical (unpaired) electrons.